The second-order valence-electron chi connectivity index (χ2n) is 9.37. The SMILES string of the molecule is O=C(O)CNC(=O)CNC(=O)CNC(=O)CCCCCCCCCCC(=O)N[C@H]1C(O)O[C@H](CO)[C@@H](O)[C@@H]1O. The number of ether oxygens (including phenoxy) is 1. The average Bonchev–Trinajstić information content (AvgIpc) is 2.90. The van der Waals surface area contributed by atoms with E-state index in [4.69, 9.17) is 14.9 Å². The van der Waals surface area contributed by atoms with Gasteiger partial charge in [0, 0.05) is 12.8 Å². The molecule has 1 saturated heterocycles. The molecule has 0 saturated carbocycles. The number of nitrogens with one attached hydrogen (secondary N) is 4. The summed E-state index contributed by atoms with van der Waals surface area (Å²) in [5.41, 5.74) is 0. The van der Waals surface area contributed by atoms with Gasteiger partial charge < -0.3 is 51.5 Å². The third-order valence-electron chi connectivity index (χ3n) is 6.11. The van der Waals surface area contributed by atoms with Gasteiger partial charge in [-0.05, 0) is 12.8 Å². The van der Waals surface area contributed by atoms with E-state index < -0.39 is 61.6 Å². The first-order valence-corrected chi connectivity index (χ1v) is 13.2. The normalized spacial score (nSPS) is 22.5. The maximum absolute atomic E-state index is 12.1. The fraction of sp³-hybridized carbons (Fsp3) is 0.792. The topological polar surface area (TPSA) is 244 Å². The Balaban J connectivity index is 1.99. The highest BCUT2D eigenvalue weighted by molar-refractivity contribution is 5.89. The zero-order valence-electron chi connectivity index (χ0n) is 22.0. The molecule has 5 atom stereocenters. The zero-order chi connectivity index (χ0) is 29.2. The lowest BCUT2D eigenvalue weighted by atomic mass is 9.97. The number of hydrogen-bond acceptors (Lipinski definition) is 10. The molecule has 0 aromatic heterocycles. The van der Waals surface area contributed by atoms with Gasteiger partial charge in [0.1, 0.15) is 30.9 Å². The molecule has 15 heteroatoms. The minimum Gasteiger partial charge on any atom is -0.480 e. The van der Waals surface area contributed by atoms with Crippen LogP contribution in [0.15, 0.2) is 0 Å². The number of aliphatic hydroxyl groups is 4. The Labute approximate surface area is 226 Å². The Morgan fingerprint density at radius 1 is 0.615 bits per heavy atom. The van der Waals surface area contributed by atoms with Crippen LogP contribution in [0.5, 0.6) is 0 Å². The lowest BCUT2D eigenvalue weighted by Crippen LogP contribution is -2.64. The molecule has 1 fully saturated rings. The van der Waals surface area contributed by atoms with Crippen molar-refractivity contribution >= 4 is 29.6 Å². The number of carbonyl (C=O) groups is 5. The molecule has 1 aliphatic heterocycles. The molecule has 39 heavy (non-hydrogen) atoms. The van der Waals surface area contributed by atoms with E-state index in [1.165, 1.54) is 0 Å². The number of unbranched alkanes of at least 4 members (excludes halogenated alkanes) is 7. The van der Waals surface area contributed by atoms with Gasteiger partial charge in [-0.15, -0.1) is 0 Å². The molecule has 4 amide bonds. The molecule has 0 spiro atoms. The third kappa shape index (κ3) is 14.8. The van der Waals surface area contributed by atoms with Crippen molar-refractivity contribution in [2.24, 2.45) is 0 Å². The number of aliphatic hydroxyl groups excluding tert-OH is 4. The first-order chi connectivity index (χ1) is 18.5. The number of rotatable bonds is 19. The van der Waals surface area contributed by atoms with Crippen LogP contribution in [0.1, 0.15) is 64.2 Å². The second kappa shape index (κ2) is 19.2. The number of carbonyl (C=O) groups excluding carboxylic acids is 4. The van der Waals surface area contributed by atoms with E-state index in [9.17, 15) is 39.3 Å². The van der Waals surface area contributed by atoms with Crippen molar-refractivity contribution in [3.05, 3.63) is 0 Å². The van der Waals surface area contributed by atoms with Crippen LogP contribution >= 0.6 is 0 Å². The molecule has 0 bridgehead atoms. The largest absolute Gasteiger partial charge is 0.480 e. The van der Waals surface area contributed by atoms with Crippen LogP contribution in [0.3, 0.4) is 0 Å². The fourth-order valence-electron chi connectivity index (χ4n) is 3.89. The van der Waals surface area contributed by atoms with Gasteiger partial charge in [0.2, 0.25) is 23.6 Å². The zero-order valence-corrected chi connectivity index (χ0v) is 22.0. The molecule has 9 N–H and O–H groups in total. The molecule has 0 radical (unpaired) electrons. The lowest BCUT2D eigenvalue weighted by Gasteiger charge is -2.40. The summed E-state index contributed by atoms with van der Waals surface area (Å²) < 4.78 is 5.01. The summed E-state index contributed by atoms with van der Waals surface area (Å²) in [6.45, 7) is -1.77. The predicted octanol–water partition coefficient (Wildman–Crippen LogP) is -2.76. The third-order valence-corrected chi connectivity index (χ3v) is 6.11. The Morgan fingerprint density at radius 2 is 1.08 bits per heavy atom. The molecule has 1 unspecified atom stereocenters. The van der Waals surface area contributed by atoms with E-state index in [-0.39, 0.29) is 37.7 Å². The molecule has 0 aromatic carbocycles. The predicted molar refractivity (Wildman–Crippen MR) is 135 cm³/mol. The van der Waals surface area contributed by atoms with E-state index in [2.05, 4.69) is 21.3 Å². The lowest BCUT2D eigenvalue weighted by molar-refractivity contribution is -0.253. The molecule has 1 heterocycles. The van der Waals surface area contributed by atoms with Crippen LogP contribution in [0.25, 0.3) is 0 Å². The van der Waals surface area contributed by atoms with Crippen molar-refractivity contribution in [2.75, 3.05) is 26.2 Å². The molecule has 224 valence electrons. The molecule has 0 aromatic rings. The summed E-state index contributed by atoms with van der Waals surface area (Å²) >= 11 is 0. The molecular weight excluding hydrogens is 520 g/mol. The van der Waals surface area contributed by atoms with Crippen LogP contribution in [-0.4, -0.2) is 112 Å². The van der Waals surface area contributed by atoms with Gasteiger partial charge in [-0.2, -0.15) is 0 Å². The van der Waals surface area contributed by atoms with E-state index in [1.807, 2.05) is 0 Å². The standard InChI is InChI=1S/C24H42N4O11/c29-14-15-22(36)23(37)21(24(38)39-15)28-17(31)10-8-6-4-2-1-3-5-7-9-16(30)25-11-18(32)26-12-19(33)27-13-20(34)35/h15,21-24,29,36-38H,1-14H2,(H,25,30)(H,26,32)(H,27,33)(H,28,31)(H,34,35)/t15-,21-,22-,23-,24?/m1/s1. The first kappa shape index (κ1) is 34.2. The fourth-order valence-corrected chi connectivity index (χ4v) is 3.89. The van der Waals surface area contributed by atoms with Gasteiger partial charge in [0.05, 0.1) is 19.7 Å². The summed E-state index contributed by atoms with van der Waals surface area (Å²) in [6, 6.07) is -1.18. The maximum Gasteiger partial charge on any atom is 0.322 e. The smallest absolute Gasteiger partial charge is 0.322 e. The summed E-state index contributed by atoms with van der Waals surface area (Å²) in [6.07, 6.45) is 1.68. The average molecular weight is 563 g/mol. The minimum absolute atomic E-state index is 0.195. The monoisotopic (exact) mass is 562 g/mol. The highest BCUT2D eigenvalue weighted by atomic mass is 16.6. The summed E-state index contributed by atoms with van der Waals surface area (Å²) in [5.74, 6) is -3.05. The minimum atomic E-state index is -1.53. The summed E-state index contributed by atoms with van der Waals surface area (Å²) in [5, 5.41) is 56.6. The molecule has 0 aliphatic carbocycles. The summed E-state index contributed by atoms with van der Waals surface area (Å²) in [4.78, 5) is 57.2. The molecule has 1 rings (SSSR count). The van der Waals surface area contributed by atoms with Gasteiger partial charge in [0.15, 0.2) is 6.29 Å². The van der Waals surface area contributed by atoms with Crippen molar-refractivity contribution in [3.8, 4) is 0 Å². The van der Waals surface area contributed by atoms with Gasteiger partial charge in [-0.25, -0.2) is 0 Å². The highest BCUT2D eigenvalue weighted by Gasteiger charge is 2.44. The van der Waals surface area contributed by atoms with E-state index in [1.54, 1.807) is 0 Å². The Hall–Kier alpha value is -2.85. The van der Waals surface area contributed by atoms with Gasteiger partial charge >= 0.3 is 5.97 Å². The highest BCUT2D eigenvalue weighted by Crippen LogP contribution is 2.20. The van der Waals surface area contributed by atoms with Crippen LogP contribution in [-0.2, 0) is 28.7 Å². The van der Waals surface area contributed by atoms with Crippen molar-refractivity contribution in [1.82, 2.24) is 21.3 Å². The van der Waals surface area contributed by atoms with Crippen molar-refractivity contribution in [1.29, 1.82) is 0 Å². The number of carboxylic acids is 1. The van der Waals surface area contributed by atoms with E-state index in [0.29, 0.717) is 12.8 Å². The molecule has 1 aliphatic rings. The number of hydrogen-bond donors (Lipinski definition) is 9. The number of carboxylic acid groups (broad SMARTS) is 1. The number of aliphatic carboxylic acids is 1. The molecular formula is C24H42N4O11. The second-order valence-corrected chi connectivity index (χ2v) is 9.37. The quantitative estimate of drug-likeness (QED) is 0.0730. The number of amides is 4. The van der Waals surface area contributed by atoms with E-state index >= 15 is 0 Å². The maximum atomic E-state index is 12.1. The van der Waals surface area contributed by atoms with Crippen molar-refractivity contribution < 1.29 is 54.2 Å². The Kier molecular flexibility index (Phi) is 16.9. The Morgan fingerprint density at radius 3 is 1.59 bits per heavy atom. The van der Waals surface area contributed by atoms with Crippen LogP contribution in [0.4, 0.5) is 0 Å². The van der Waals surface area contributed by atoms with Crippen molar-refractivity contribution in [2.45, 2.75) is 94.9 Å². The Bertz CT molecular complexity index is 798. The van der Waals surface area contributed by atoms with Crippen LogP contribution < -0.4 is 21.3 Å². The van der Waals surface area contributed by atoms with E-state index in [0.717, 1.165) is 38.5 Å². The summed E-state index contributed by atoms with van der Waals surface area (Å²) in [7, 11) is 0. The van der Waals surface area contributed by atoms with Crippen LogP contribution in [0.2, 0.25) is 0 Å². The van der Waals surface area contributed by atoms with Gasteiger partial charge in [-0.1, -0.05) is 38.5 Å². The van der Waals surface area contributed by atoms with Gasteiger partial charge in [-0.3, -0.25) is 24.0 Å². The van der Waals surface area contributed by atoms with Crippen molar-refractivity contribution in [3.63, 3.8) is 0 Å². The first-order valence-electron chi connectivity index (χ1n) is 13.2. The van der Waals surface area contributed by atoms with Gasteiger partial charge in [0.25, 0.3) is 0 Å². The molecule has 15 nitrogen and oxygen atoms in total. The van der Waals surface area contributed by atoms with Crippen LogP contribution in [0, 0.1) is 0 Å².